The lowest BCUT2D eigenvalue weighted by atomic mass is 10.0. The third kappa shape index (κ3) is 44.0. The van der Waals surface area contributed by atoms with E-state index in [0.29, 0.717) is 19.3 Å². The number of carbonyl (C=O) groups is 4. The molecule has 4 N–H and O–H groups in total. The summed E-state index contributed by atoms with van der Waals surface area (Å²) in [5.74, 6) is -2.29. The predicted octanol–water partition coefficient (Wildman–Crippen LogP) is 13.8. The normalized spacial score (nSPS) is 12.4. The van der Waals surface area contributed by atoms with Crippen molar-refractivity contribution < 1.29 is 34.1 Å². The minimum Gasteiger partial charge on any atom is -0.480 e. The van der Waals surface area contributed by atoms with Crippen molar-refractivity contribution in [2.75, 3.05) is 13.2 Å². The maximum atomic E-state index is 12.9. The maximum Gasteiger partial charge on any atom is 0.328 e. The molecule has 0 saturated carbocycles. The van der Waals surface area contributed by atoms with Crippen molar-refractivity contribution in [2.45, 2.75) is 283 Å². The van der Waals surface area contributed by atoms with Gasteiger partial charge in [-0.1, -0.05) is 212 Å². The van der Waals surface area contributed by atoms with Gasteiger partial charge < -0.3 is 25.6 Å². The summed E-state index contributed by atoms with van der Waals surface area (Å²) in [6.07, 6.45) is 52.5. The number of ether oxygens (including phenoxy) is 1. The SMILES string of the molecule is CCCCCCCCCC/C=C\CCCC(CCCCCCCC(=O)NCC(=O)NC(CO)C(=O)O)OC(=O)CCCCCCCCCCCCCCCCCCCCCC. The topological polar surface area (TPSA) is 142 Å². The maximum absolute atomic E-state index is 12.9. The van der Waals surface area contributed by atoms with Crippen LogP contribution in [0.3, 0.4) is 0 Å². The summed E-state index contributed by atoms with van der Waals surface area (Å²) in [5.41, 5.74) is 0. The molecule has 0 rings (SSSR count). The van der Waals surface area contributed by atoms with Crippen LogP contribution in [0.5, 0.6) is 0 Å². The molecule has 0 saturated heterocycles. The number of nitrogens with one attached hydrogen (secondary N) is 2. The van der Waals surface area contributed by atoms with Gasteiger partial charge in [-0.2, -0.15) is 0 Å². The Morgan fingerprint density at radius 1 is 0.475 bits per heavy atom. The second-order valence-electron chi connectivity index (χ2n) is 18.0. The van der Waals surface area contributed by atoms with E-state index >= 15 is 0 Å². The molecule has 2 amide bonds. The highest BCUT2D eigenvalue weighted by Gasteiger charge is 2.19. The summed E-state index contributed by atoms with van der Waals surface area (Å²) >= 11 is 0. The van der Waals surface area contributed by atoms with E-state index in [-0.39, 0.29) is 24.5 Å². The van der Waals surface area contributed by atoms with E-state index in [1.165, 1.54) is 167 Å². The molecule has 2 atom stereocenters. The molecule has 0 fully saturated rings. The van der Waals surface area contributed by atoms with Crippen LogP contribution in [0.1, 0.15) is 271 Å². The second-order valence-corrected chi connectivity index (χ2v) is 18.0. The zero-order valence-corrected chi connectivity index (χ0v) is 39.9. The lowest BCUT2D eigenvalue weighted by Crippen LogP contribution is -2.47. The molecule has 2 unspecified atom stereocenters. The van der Waals surface area contributed by atoms with E-state index in [1.54, 1.807) is 0 Å². The Morgan fingerprint density at radius 3 is 1.30 bits per heavy atom. The number of aliphatic hydroxyl groups excluding tert-OH is 1. The van der Waals surface area contributed by atoms with E-state index in [4.69, 9.17) is 14.9 Å². The van der Waals surface area contributed by atoms with Gasteiger partial charge >= 0.3 is 11.9 Å². The number of carbonyl (C=O) groups excluding carboxylic acids is 3. The van der Waals surface area contributed by atoms with Crippen molar-refractivity contribution in [3.8, 4) is 0 Å². The molecule has 0 aromatic heterocycles. The van der Waals surface area contributed by atoms with Crippen molar-refractivity contribution in [2.24, 2.45) is 0 Å². The summed E-state index contributed by atoms with van der Waals surface area (Å²) in [5, 5.41) is 22.6. The number of amides is 2. The first-order valence-corrected chi connectivity index (χ1v) is 26.1. The fourth-order valence-electron chi connectivity index (χ4n) is 8.01. The monoisotopic (exact) mass is 863 g/mol. The Balaban J connectivity index is 4.23. The van der Waals surface area contributed by atoms with E-state index in [0.717, 1.165) is 70.6 Å². The molecule has 0 spiro atoms. The highest BCUT2D eigenvalue weighted by atomic mass is 16.5. The lowest BCUT2D eigenvalue weighted by Gasteiger charge is -2.18. The fraction of sp³-hybridized carbons (Fsp3) is 0.885. The van der Waals surface area contributed by atoms with Crippen molar-refractivity contribution in [3.05, 3.63) is 12.2 Å². The van der Waals surface area contributed by atoms with E-state index in [1.807, 2.05) is 0 Å². The van der Waals surface area contributed by atoms with Crippen LogP contribution in [-0.2, 0) is 23.9 Å². The predicted molar refractivity (Wildman–Crippen MR) is 255 cm³/mol. The summed E-state index contributed by atoms with van der Waals surface area (Å²) < 4.78 is 6.05. The largest absolute Gasteiger partial charge is 0.480 e. The molecule has 0 aromatic carbocycles. The van der Waals surface area contributed by atoms with E-state index in [9.17, 15) is 19.2 Å². The highest BCUT2D eigenvalue weighted by molar-refractivity contribution is 5.87. The summed E-state index contributed by atoms with van der Waals surface area (Å²) in [4.78, 5) is 47.8. The zero-order chi connectivity index (χ0) is 44.7. The van der Waals surface area contributed by atoms with Gasteiger partial charge in [0, 0.05) is 12.8 Å². The molecule has 358 valence electrons. The van der Waals surface area contributed by atoms with E-state index < -0.39 is 24.5 Å². The minimum absolute atomic E-state index is 0.0396. The first-order chi connectivity index (χ1) is 29.8. The first-order valence-electron chi connectivity index (χ1n) is 26.1. The number of unbranched alkanes of at least 4 members (excludes halogenated alkanes) is 32. The van der Waals surface area contributed by atoms with Gasteiger partial charge in [0.2, 0.25) is 11.8 Å². The smallest absolute Gasteiger partial charge is 0.328 e. The molecule has 0 aliphatic rings. The summed E-state index contributed by atoms with van der Waals surface area (Å²) in [6, 6.07) is -1.38. The van der Waals surface area contributed by atoms with Gasteiger partial charge in [-0.25, -0.2) is 4.79 Å². The summed E-state index contributed by atoms with van der Waals surface area (Å²) in [6.45, 7) is 3.51. The average Bonchev–Trinajstić information content (AvgIpc) is 3.25. The Bertz CT molecular complexity index is 1040. The van der Waals surface area contributed by atoms with Crippen molar-refractivity contribution in [3.63, 3.8) is 0 Å². The van der Waals surface area contributed by atoms with Crippen LogP contribution in [0.15, 0.2) is 12.2 Å². The number of hydrogen-bond donors (Lipinski definition) is 4. The van der Waals surface area contributed by atoms with Gasteiger partial charge in [0.05, 0.1) is 13.2 Å². The van der Waals surface area contributed by atoms with Gasteiger partial charge in [0.25, 0.3) is 0 Å². The molecule has 61 heavy (non-hydrogen) atoms. The van der Waals surface area contributed by atoms with Crippen LogP contribution in [-0.4, -0.2) is 59.3 Å². The van der Waals surface area contributed by atoms with Crippen LogP contribution >= 0.6 is 0 Å². The van der Waals surface area contributed by atoms with Crippen molar-refractivity contribution in [1.29, 1.82) is 0 Å². The fourth-order valence-corrected chi connectivity index (χ4v) is 8.01. The summed E-state index contributed by atoms with van der Waals surface area (Å²) in [7, 11) is 0. The zero-order valence-electron chi connectivity index (χ0n) is 39.9. The molecule has 9 nitrogen and oxygen atoms in total. The highest BCUT2D eigenvalue weighted by Crippen LogP contribution is 2.19. The second kappa shape index (κ2) is 47.1. The molecule has 0 aromatic rings. The molecule has 0 bridgehead atoms. The Kier molecular flexibility index (Phi) is 45.2. The molecular formula is C52H98N2O7. The van der Waals surface area contributed by atoms with Gasteiger partial charge in [-0.3, -0.25) is 14.4 Å². The number of hydrogen-bond acceptors (Lipinski definition) is 6. The molecule has 0 aliphatic heterocycles. The number of allylic oxidation sites excluding steroid dienone is 2. The van der Waals surface area contributed by atoms with Gasteiger partial charge in [-0.05, 0) is 57.8 Å². The first kappa shape index (κ1) is 58.6. The van der Waals surface area contributed by atoms with Crippen LogP contribution in [0.2, 0.25) is 0 Å². The Morgan fingerprint density at radius 2 is 0.852 bits per heavy atom. The van der Waals surface area contributed by atoms with E-state index in [2.05, 4.69) is 36.6 Å². The quantitative estimate of drug-likeness (QED) is 0.0271. The number of esters is 1. The number of carboxylic acid groups (broad SMARTS) is 1. The lowest BCUT2D eigenvalue weighted by molar-refractivity contribution is -0.150. The molecule has 0 radical (unpaired) electrons. The molecule has 0 heterocycles. The van der Waals surface area contributed by atoms with Crippen molar-refractivity contribution >= 4 is 23.8 Å². The number of rotatable bonds is 48. The average molecular weight is 863 g/mol. The van der Waals surface area contributed by atoms with Gasteiger partial charge in [-0.15, -0.1) is 0 Å². The number of aliphatic hydroxyl groups is 1. The van der Waals surface area contributed by atoms with Gasteiger partial charge in [0.1, 0.15) is 12.1 Å². The number of carboxylic acids is 1. The van der Waals surface area contributed by atoms with Crippen LogP contribution in [0.25, 0.3) is 0 Å². The van der Waals surface area contributed by atoms with Crippen molar-refractivity contribution in [1.82, 2.24) is 10.6 Å². The third-order valence-corrected chi connectivity index (χ3v) is 12.0. The minimum atomic E-state index is -1.38. The Labute approximate surface area is 375 Å². The molecule has 0 aliphatic carbocycles. The standard InChI is InChI=1S/C52H98N2O7/c1-3-5-7-9-11-13-15-17-18-19-20-21-22-23-25-27-29-31-36-40-44-51(58)61-47(41-37-33-30-28-26-24-16-14-12-10-8-6-4-2)42-38-34-32-35-39-43-49(56)53-45-50(57)54-48(46-55)52(59)60/h28,30,47-48,55H,3-27,29,31-46H2,1-2H3,(H,53,56)(H,54,57)(H,59,60)/b30-28-. The molecular weight excluding hydrogens is 765 g/mol. The van der Waals surface area contributed by atoms with Crippen LogP contribution in [0, 0.1) is 0 Å². The van der Waals surface area contributed by atoms with Crippen LogP contribution < -0.4 is 10.6 Å². The van der Waals surface area contributed by atoms with Crippen LogP contribution in [0.4, 0.5) is 0 Å². The molecule has 9 heteroatoms. The Hall–Kier alpha value is -2.42. The third-order valence-electron chi connectivity index (χ3n) is 12.0. The number of aliphatic carboxylic acids is 1. The van der Waals surface area contributed by atoms with Gasteiger partial charge in [0.15, 0.2) is 0 Å².